The first-order valence-corrected chi connectivity index (χ1v) is 11.8. The van der Waals surface area contributed by atoms with Crippen LogP contribution in [0.1, 0.15) is 80.9 Å². The Morgan fingerprint density at radius 3 is 2.74 bits per heavy atom. The van der Waals surface area contributed by atoms with Gasteiger partial charge in [0.05, 0.1) is 6.04 Å². The highest BCUT2D eigenvalue weighted by atomic mass is 16.1. The Bertz CT molecular complexity index is 1110. The summed E-state index contributed by atoms with van der Waals surface area (Å²) in [5.74, 6) is 1.41. The molecule has 2 atom stereocenters. The molecule has 2 fully saturated rings. The van der Waals surface area contributed by atoms with Gasteiger partial charge in [-0.2, -0.15) is 0 Å². The number of hydrogen-bond donors (Lipinski definition) is 1. The molecular formula is C24H32N6O. The van der Waals surface area contributed by atoms with E-state index in [0.29, 0.717) is 12.0 Å². The normalized spacial score (nSPS) is 22.1. The molecule has 0 spiro atoms. The Labute approximate surface area is 182 Å². The van der Waals surface area contributed by atoms with Gasteiger partial charge in [0.25, 0.3) is 5.56 Å². The first-order chi connectivity index (χ1) is 15.1. The molecule has 3 heterocycles. The van der Waals surface area contributed by atoms with Crippen LogP contribution in [0.4, 0.5) is 0 Å². The van der Waals surface area contributed by atoms with Gasteiger partial charge in [0.2, 0.25) is 0 Å². The van der Waals surface area contributed by atoms with Gasteiger partial charge in [-0.25, -0.2) is 4.68 Å². The number of piperidine rings is 1. The Balaban J connectivity index is 1.63. The van der Waals surface area contributed by atoms with Gasteiger partial charge in [0, 0.05) is 17.6 Å². The Kier molecular flexibility index (Phi) is 5.61. The zero-order chi connectivity index (χ0) is 21.4. The van der Waals surface area contributed by atoms with Crippen molar-refractivity contribution in [2.45, 2.75) is 70.9 Å². The summed E-state index contributed by atoms with van der Waals surface area (Å²) in [5, 5.41) is 14.1. The van der Waals surface area contributed by atoms with Crippen molar-refractivity contribution in [1.29, 1.82) is 0 Å². The maximum atomic E-state index is 13.3. The summed E-state index contributed by atoms with van der Waals surface area (Å²) < 4.78 is 2.03. The third-order valence-corrected chi connectivity index (χ3v) is 7.06. The number of fused-ring (bicyclic) bond motifs is 1. The molecule has 0 bridgehead atoms. The van der Waals surface area contributed by atoms with E-state index in [-0.39, 0.29) is 11.6 Å². The van der Waals surface area contributed by atoms with Crippen LogP contribution in [0, 0.1) is 12.8 Å². The molecule has 2 aromatic heterocycles. The van der Waals surface area contributed by atoms with Crippen LogP contribution in [-0.2, 0) is 0 Å². The summed E-state index contributed by atoms with van der Waals surface area (Å²) in [6.45, 7) is 6.24. The molecule has 31 heavy (non-hydrogen) atoms. The standard InChI is InChI=1S/C24H32N6O/c1-16-10-11-18-14-20(24(31)25-21(18)13-16)22(29-12-6-7-17(2)15-29)23-26-27-28-30(23)19-8-4-3-5-9-19/h10-11,13-14,17,19,22H,3-9,12,15H2,1-2H3,(H,25,31)/t17-,22-/m0/s1. The van der Waals surface area contributed by atoms with Crippen LogP contribution < -0.4 is 5.56 Å². The zero-order valence-corrected chi connectivity index (χ0v) is 18.5. The second-order valence-corrected chi connectivity index (χ2v) is 9.56. The van der Waals surface area contributed by atoms with E-state index in [4.69, 9.17) is 0 Å². The van der Waals surface area contributed by atoms with Crippen molar-refractivity contribution < 1.29 is 0 Å². The van der Waals surface area contributed by atoms with Gasteiger partial charge in [0.1, 0.15) is 6.04 Å². The predicted octanol–water partition coefficient (Wildman–Crippen LogP) is 4.15. The maximum absolute atomic E-state index is 13.3. The molecule has 2 aliphatic rings. The first kappa shape index (κ1) is 20.4. The summed E-state index contributed by atoms with van der Waals surface area (Å²) in [5.41, 5.74) is 2.72. The highest BCUT2D eigenvalue weighted by Gasteiger charge is 2.34. The second-order valence-electron chi connectivity index (χ2n) is 9.56. The summed E-state index contributed by atoms with van der Waals surface area (Å²) in [4.78, 5) is 18.9. The quantitative estimate of drug-likeness (QED) is 0.686. The molecule has 1 aliphatic carbocycles. The number of nitrogens with one attached hydrogen (secondary N) is 1. The second kappa shape index (κ2) is 8.54. The third-order valence-electron chi connectivity index (χ3n) is 7.06. The van der Waals surface area contributed by atoms with Gasteiger partial charge in [0.15, 0.2) is 5.82 Å². The fraction of sp³-hybridized carbons (Fsp3) is 0.583. The molecule has 7 nitrogen and oxygen atoms in total. The van der Waals surface area contributed by atoms with Gasteiger partial charge in [-0.3, -0.25) is 9.69 Å². The molecule has 1 N–H and O–H groups in total. The summed E-state index contributed by atoms with van der Waals surface area (Å²) in [6.07, 6.45) is 8.28. The van der Waals surface area contributed by atoms with E-state index < -0.39 is 0 Å². The number of hydrogen-bond acceptors (Lipinski definition) is 5. The van der Waals surface area contributed by atoms with E-state index in [9.17, 15) is 4.79 Å². The smallest absolute Gasteiger partial charge is 0.253 e. The van der Waals surface area contributed by atoms with Gasteiger partial charge < -0.3 is 4.98 Å². The minimum atomic E-state index is -0.228. The number of H-pyrrole nitrogens is 1. The third kappa shape index (κ3) is 4.03. The van der Waals surface area contributed by atoms with Crippen molar-refractivity contribution in [2.24, 2.45) is 5.92 Å². The number of likely N-dealkylation sites (tertiary alicyclic amines) is 1. The maximum Gasteiger partial charge on any atom is 0.253 e. The number of rotatable bonds is 4. The van der Waals surface area contributed by atoms with Gasteiger partial charge in [-0.15, -0.1) is 5.10 Å². The molecule has 3 aromatic rings. The molecule has 1 aromatic carbocycles. The van der Waals surface area contributed by atoms with Gasteiger partial charge >= 0.3 is 0 Å². The Hall–Kier alpha value is -2.54. The van der Waals surface area contributed by atoms with Crippen LogP contribution in [0.5, 0.6) is 0 Å². The fourth-order valence-electron chi connectivity index (χ4n) is 5.46. The molecule has 5 rings (SSSR count). The van der Waals surface area contributed by atoms with Crippen molar-refractivity contribution >= 4 is 10.9 Å². The number of aryl methyl sites for hydroxylation is 1. The lowest BCUT2D eigenvalue weighted by Crippen LogP contribution is -2.41. The van der Waals surface area contributed by atoms with Crippen LogP contribution in [0.2, 0.25) is 0 Å². The van der Waals surface area contributed by atoms with Crippen LogP contribution in [-0.4, -0.2) is 43.2 Å². The molecule has 1 saturated carbocycles. The summed E-state index contributed by atoms with van der Waals surface area (Å²) >= 11 is 0. The van der Waals surface area contributed by atoms with E-state index in [0.717, 1.165) is 60.2 Å². The largest absolute Gasteiger partial charge is 0.322 e. The summed E-state index contributed by atoms with van der Waals surface area (Å²) in [6, 6.07) is 8.36. The molecule has 0 unspecified atom stereocenters. The molecule has 164 valence electrons. The van der Waals surface area contributed by atoms with Gasteiger partial charge in [-0.1, -0.05) is 38.3 Å². The van der Waals surface area contributed by atoms with Crippen molar-refractivity contribution in [3.63, 3.8) is 0 Å². The van der Waals surface area contributed by atoms with Crippen molar-refractivity contribution in [1.82, 2.24) is 30.1 Å². The van der Waals surface area contributed by atoms with Crippen molar-refractivity contribution in [2.75, 3.05) is 13.1 Å². The van der Waals surface area contributed by atoms with Crippen molar-refractivity contribution in [3.8, 4) is 0 Å². The first-order valence-electron chi connectivity index (χ1n) is 11.8. The fourth-order valence-corrected chi connectivity index (χ4v) is 5.46. The van der Waals surface area contributed by atoms with Crippen LogP contribution in [0.15, 0.2) is 29.1 Å². The van der Waals surface area contributed by atoms with E-state index in [1.807, 2.05) is 17.7 Å². The van der Waals surface area contributed by atoms with Crippen LogP contribution in [0.25, 0.3) is 10.9 Å². The Morgan fingerprint density at radius 2 is 1.94 bits per heavy atom. The number of benzene rings is 1. The predicted molar refractivity (Wildman–Crippen MR) is 121 cm³/mol. The van der Waals surface area contributed by atoms with E-state index in [1.54, 1.807) is 0 Å². The van der Waals surface area contributed by atoms with E-state index in [1.165, 1.54) is 25.7 Å². The highest BCUT2D eigenvalue weighted by molar-refractivity contribution is 5.79. The molecular weight excluding hydrogens is 388 g/mol. The van der Waals surface area contributed by atoms with Crippen LogP contribution >= 0.6 is 0 Å². The average molecular weight is 421 g/mol. The van der Waals surface area contributed by atoms with Gasteiger partial charge in [-0.05, 0) is 78.6 Å². The molecule has 7 heteroatoms. The summed E-state index contributed by atoms with van der Waals surface area (Å²) in [7, 11) is 0. The Morgan fingerprint density at radius 1 is 1.10 bits per heavy atom. The minimum absolute atomic E-state index is 0.0421. The van der Waals surface area contributed by atoms with Crippen LogP contribution in [0.3, 0.4) is 0 Å². The van der Waals surface area contributed by atoms with Crippen molar-refractivity contribution in [3.05, 3.63) is 51.6 Å². The number of aromatic amines is 1. The SMILES string of the molecule is Cc1ccc2cc([C@@H](c3nnnn3C3CCCCC3)N3CCC[C@H](C)C3)c(=O)[nH]c2c1. The number of pyridine rings is 1. The molecule has 0 radical (unpaired) electrons. The molecule has 1 aliphatic heterocycles. The molecule has 1 saturated heterocycles. The number of tetrazole rings is 1. The van der Waals surface area contributed by atoms with E-state index >= 15 is 0 Å². The minimum Gasteiger partial charge on any atom is -0.322 e. The number of aromatic nitrogens is 5. The zero-order valence-electron chi connectivity index (χ0n) is 18.5. The highest BCUT2D eigenvalue weighted by Crippen LogP contribution is 2.34. The monoisotopic (exact) mass is 420 g/mol. The average Bonchev–Trinajstić information content (AvgIpc) is 3.24. The number of nitrogens with zero attached hydrogens (tertiary/aromatic N) is 5. The lowest BCUT2D eigenvalue weighted by Gasteiger charge is -2.37. The molecule has 0 amide bonds. The lowest BCUT2D eigenvalue weighted by molar-refractivity contribution is 0.138. The topological polar surface area (TPSA) is 79.7 Å². The van der Waals surface area contributed by atoms with E-state index in [2.05, 4.69) is 50.5 Å². The lowest BCUT2D eigenvalue weighted by atomic mass is 9.93.